The second kappa shape index (κ2) is 4.69. The summed E-state index contributed by atoms with van der Waals surface area (Å²) >= 11 is 0. The van der Waals surface area contributed by atoms with Crippen LogP contribution in [0, 0.1) is 0 Å². The van der Waals surface area contributed by atoms with E-state index in [9.17, 15) is 13.2 Å². The maximum absolute atomic E-state index is 10.9. The number of carbonyl (C=O) groups excluding carboxylic acids is 1. The third kappa shape index (κ3) is 3.15. The quantitative estimate of drug-likeness (QED) is 0.585. The fourth-order valence-corrected chi connectivity index (χ4v) is 2.75. The van der Waals surface area contributed by atoms with E-state index in [0.717, 1.165) is 5.56 Å². The zero-order valence-electron chi connectivity index (χ0n) is 9.00. The number of nitrogens with zero attached hydrogens (tertiary/aromatic N) is 1. The van der Waals surface area contributed by atoms with Crippen LogP contribution in [-0.2, 0) is 21.2 Å². The zero-order valence-corrected chi connectivity index (χ0v) is 9.81. The van der Waals surface area contributed by atoms with Gasteiger partial charge in [-0.1, -0.05) is 12.1 Å². The Morgan fingerprint density at radius 1 is 1.29 bits per heavy atom. The van der Waals surface area contributed by atoms with Crippen molar-refractivity contribution in [1.82, 2.24) is 0 Å². The molecule has 2 rings (SSSR count). The summed E-state index contributed by atoms with van der Waals surface area (Å²) < 4.78 is 27.3. The van der Waals surface area contributed by atoms with Gasteiger partial charge in [0.1, 0.15) is 11.9 Å². The van der Waals surface area contributed by atoms with E-state index in [1.54, 1.807) is 24.3 Å². The highest BCUT2D eigenvalue weighted by Crippen LogP contribution is 2.20. The van der Waals surface area contributed by atoms with Crippen LogP contribution < -0.4 is 4.74 Å². The first-order valence-electron chi connectivity index (χ1n) is 5.09. The van der Waals surface area contributed by atoms with E-state index in [2.05, 4.69) is 4.99 Å². The topological polar surface area (TPSA) is 72.8 Å². The predicted molar refractivity (Wildman–Crippen MR) is 61.3 cm³/mol. The molecule has 0 saturated carbocycles. The molecule has 17 heavy (non-hydrogen) atoms. The third-order valence-corrected chi connectivity index (χ3v) is 4.19. The predicted octanol–water partition coefficient (Wildman–Crippen LogP) is 0.698. The van der Waals surface area contributed by atoms with Gasteiger partial charge in [0.05, 0.1) is 18.1 Å². The highest BCUT2D eigenvalue weighted by molar-refractivity contribution is 7.92. The van der Waals surface area contributed by atoms with Gasteiger partial charge in [0.15, 0.2) is 9.84 Å². The number of isocyanates is 1. The number of hydrogen-bond donors (Lipinski definition) is 0. The van der Waals surface area contributed by atoms with Crippen molar-refractivity contribution in [2.45, 2.75) is 12.6 Å². The standard InChI is InChI=1S/C11H11NO4S/c13-8-12-5-9-1-3-10(4-2-9)16-11-6-17(14,15)7-11/h1-4,11H,5-7H2. The third-order valence-electron chi connectivity index (χ3n) is 2.43. The average Bonchev–Trinajstić information content (AvgIpc) is 2.26. The van der Waals surface area contributed by atoms with Gasteiger partial charge in [-0.2, -0.15) is 0 Å². The fraction of sp³-hybridized carbons (Fsp3) is 0.364. The Hall–Kier alpha value is -1.65. The molecule has 1 saturated heterocycles. The molecule has 0 aliphatic carbocycles. The SMILES string of the molecule is O=C=NCc1ccc(OC2CS(=O)(=O)C2)cc1. The van der Waals surface area contributed by atoms with Gasteiger partial charge in [-0.15, -0.1) is 0 Å². The lowest BCUT2D eigenvalue weighted by atomic mass is 10.2. The molecule has 0 spiro atoms. The smallest absolute Gasteiger partial charge is 0.235 e. The Morgan fingerprint density at radius 3 is 2.47 bits per heavy atom. The van der Waals surface area contributed by atoms with Crippen LogP contribution in [0.3, 0.4) is 0 Å². The van der Waals surface area contributed by atoms with Gasteiger partial charge in [-0.3, -0.25) is 0 Å². The van der Waals surface area contributed by atoms with Gasteiger partial charge >= 0.3 is 0 Å². The molecule has 0 aromatic heterocycles. The van der Waals surface area contributed by atoms with E-state index >= 15 is 0 Å². The molecule has 1 aliphatic rings. The van der Waals surface area contributed by atoms with Gasteiger partial charge in [0, 0.05) is 0 Å². The zero-order chi connectivity index (χ0) is 12.3. The molecule has 0 unspecified atom stereocenters. The largest absolute Gasteiger partial charge is 0.488 e. The molecule has 90 valence electrons. The van der Waals surface area contributed by atoms with E-state index in [4.69, 9.17) is 4.74 Å². The van der Waals surface area contributed by atoms with E-state index < -0.39 is 9.84 Å². The Balaban J connectivity index is 1.92. The molecule has 0 amide bonds. The molecule has 1 aromatic carbocycles. The molecule has 1 heterocycles. The van der Waals surface area contributed by atoms with Crippen molar-refractivity contribution in [1.29, 1.82) is 0 Å². The number of ether oxygens (including phenoxy) is 1. The molecule has 0 atom stereocenters. The Morgan fingerprint density at radius 2 is 1.94 bits per heavy atom. The van der Waals surface area contributed by atoms with Crippen molar-refractivity contribution < 1.29 is 17.9 Å². The molecular weight excluding hydrogens is 242 g/mol. The van der Waals surface area contributed by atoms with Crippen molar-refractivity contribution in [3.8, 4) is 5.75 Å². The van der Waals surface area contributed by atoms with Crippen LogP contribution in [-0.4, -0.2) is 32.1 Å². The van der Waals surface area contributed by atoms with E-state index in [1.807, 2.05) is 0 Å². The lowest BCUT2D eigenvalue weighted by molar-refractivity contribution is 0.230. The van der Waals surface area contributed by atoms with Crippen LogP contribution in [0.15, 0.2) is 29.3 Å². The average molecular weight is 253 g/mol. The van der Waals surface area contributed by atoms with Crippen LogP contribution in [0.2, 0.25) is 0 Å². The molecule has 6 heteroatoms. The summed E-state index contributed by atoms with van der Waals surface area (Å²) in [5.74, 6) is 0.803. The minimum absolute atomic E-state index is 0.0875. The lowest BCUT2D eigenvalue weighted by Gasteiger charge is -2.26. The van der Waals surface area contributed by atoms with Crippen LogP contribution in [0.5, 0.6) is 5.75 Å². The minimum Gasteiger partial charge on any atom is -0.488 e. The molecule has 0 N–H and O–H groups in total. The highest BCUT2D eigenvalue weighted by atomic mass is 32.2. The summed E-state index contributed by atoms with van der Waals surface area (Å²) in [6, 6.07) is 7.04. The van der Waals surface area contributed by atoms with Crippen molar-refractivity contribution in [2.24, 2.45) is 4.99 Å². The van der Waals surface area contributed by atoms with E-state index in [1.165, 1.54) is 6.08 Å². The molecule has 1 aromatic rings. The first-order chi connectivity index (χ1) is 8.09. The highest BCUT2D eigenvalue weighted by Gasteiger charge is 2.35. The van der Waals surface area contributed by atoms with Crippen LogP contribution in [0.1, 0.15) is 5.56 Å². The molecule has 0 radical (unpaired) electrons. The first-order valence-corrected chi connectivity index (χ1v) is 6.91. The van der Waals surface area contributed by atoms with Crippen molar-refractivity contribution >= 4 is 15.9 Å². The summed E-state index contributed by atoms with van der Waals surface area (Å²) in [7, 11) is -2.85. The van der Waals surface area contributed by atoms with Crippen LogP contribution in [0.4, 0.5) is 0 Å². The van der Waals surface area contributed by atoms with Gasteiger partial charge in [0.2, 0.25) is 6.08 Å². The number of benzene rings is 1. The lowest BCUT2D eigenvalue weighted by Crippen LogP contribution is -2.45. The summed E-state index contributed by atoms with van der Waals surface area (Å²) in [4.78, 5) is 13.4. The Kier molecular flexibility index (Phi) is 3.26. The number of sulfone groups is 1. The Bertz CT molecular complexity index is 531. The summed E-state index contributed by atoms with van der Waals surface area (Å²) in [5.41, 5.74) is 0.877. The van der Waals surface area contributed by atoms with Crippen molar-refractivity contribution in [3.63, 3.8) is 0 Å². The maximum Gasteiger partial charge on any atom is 0.235 e. The molecule has 1 fully saturated rings. The van der Waals surface area contributed by atoms with Gasteiger partial charge in [-0.05, 0) is 17.7 Å². The monoisotopic (exact) mass is 253 g/mol. The second-order valence-electron chi connectivity index (χ2n) is 3.87. The second-order valence-corrected chi connectivity index (χ2v) is 6.02. The molecular formula is C11H11NO4S. The van der Waals surface area contributed by atoms with Crippen molar-refractivity contribution in [2.75, 3.05) is 11.5 Å². The molecule has 1 aliphatic heterocycles. The maximum atomic E-state index is 10.9. The normalized spacial score (nSPS) is 17.9. The Labute approximate surface area is 99.0 Å². The van der Waals surface area contributed by atoms with Crippen molar-refractivity contribution in [3.05, 3.63) is 29.8 Å². The summed E-state index contributed by atoms with van der Waals surface area (Å²) in [6.45, 7) is 0.293. The van der Waals surface area contributed by atoms with Gasteiger partial charge in [0.25, 0.3) is 0 Å². The van der Waals surface area contributed by atoms with Crippen LogP contribution in [0.25, 0.3) is 0 Å². The number of aliphatic imine (C=N–C) groups is 1. The number of rotatable bonds is 4. The van der Waals surface area contributed by atoms with Gasteiger partial charge < -0.3 is 4.74 Å². The number of hydrogen-bond acceptors (Lipinski definition) is 5. The van der Waals surface area contributed by atoms with E-state index in [0.29, 0.717) is 12.3 Å². The van der Waals surface area contributed by atoms with Gasteiger partial charge in [-0.25, -0.2) is 18.2 Å². The molecule has 5 nitrogen and oxygen atoms in total. The minimum atomic E-state index is -2.85. The first kappa shape index (κ1) is 11.8. The van der Waals surface area contributed by atoms with Crippen LogP contribution >= 0.6 is 0 Å². The fourth-order valence-electron chi connectivity index (χ4n) is 1.58. The molecule has 0 bridgehead atoms. The summed E-state index contributed by atoms with van der Waals surface area (Å²) in [6.07, 6.45) is 1.23. The summed E-state index contributed by atoms with van der Waals surface area (Å²) in [5, 5.41) is 0. The van der Waals surface area contributed by atoms with E-state index in [-0.39, 0.29) is 17.6 Å².